The van der Waals surface area contributed by atoms with Crippen molar-refractivity contribution >= 4 is 29.7 Å². The summed E-state index contributed by atoms with van der Waals surface area (Å²) in [6, 6.07) is 4.11. The Labute approximate surface area is 124 Å². The topological polar surface area (TPSA) is 46.6 Å². The summed E-state index contributed by atoms with van der Waals surface area (Å²) >= 11 is 5.96. The van der Waals surface area contributed by atoms with Crippen molar-refractivity contribution in [3.8, 4) is 0 Å². The van der Waals surface area contributed by atoms with Gasteiger partial charge in [0.15, 0.2) is 0 Å². The molecule has 1 aliphatic rings. The third-order valence-corrected chi connectivity index (χ3v) is 3.62. The fourth-order valence-electron chi connectivity index (χ4n) is 2.56. The molecule has 104 valence electrons. The number of halogens is 2. The van der Waals surface area contributed by atoms with Gasteiger partial charge in [-0.3, -0.25) is 4.90 Å². The fourth-order valence-corrected chi connectivity index (χ4v) is 2.73. The highest BCUT2D eigenvalue weighted by Crippen LogP contribution is 2.15. The van der Waals surface area contributed by atoms with E-state index in [0.29, 0.717) is 6.04 Å². The van der Waals surface area contributed by atoms with E-state index in [0.717, 1.165) is 42.4 Å². The maximum Gasteiger partial charge on any atom is 0.137 e. The maximum atomic E-state index is 5.99. The Morgan fingerprint density at radius 1 is 1.37 bits per heavy atom. The Morgan fingerprint density at radius 2 is 2.21 bits per heavy atom. The lowest BCUT2D eigenvalue weighted by atomic mass is 10.1. The van der Waals surface area contributed by atoms with Gasteiger partial charge in [-0.1, -0.05) is 11.6 Å². The van der Waals surface area contributed by atoms with E-state index in [9.17, 15) is 0 Å². The number of rotatable bonds is 2. The molecule has 0 aliphatic carbocycles. The number of pyridine rings is 1. The summed E-state index contributed by atoms with van der Waals surface area (Å²) in [5.41, 5.74) is 8.00. The molecule has 1 saturated heterocycles. The predicted molar refractivity (Wildman–Crippen MR) is 79.9 cm³/mol. The first-order chi connectivity index (χ1) is 8.70. The molecule has 19 heavy (non-hydrogen) atoms. The minimum Gasteiger partial charge on any atom is -0.327 e. The fraction of sp³-hybridized carbons (Fsp3) is 0.462. The van der Waals surface area contributed by atoms with Crippen LogP contribution in [0.3, 0.4) is 0 Å². The maximum absolute atomic E-state index is 5.99. The first-order valence-corrected chi connectivity index (χ1v) is 6.69. The number of fused-ring (bicyclic) bond motifs is 1. The summed E-state index contributed by atoms with van der Waals surface area (Å²) < 4.78 is 1.97. The Balaban J connectivity index is 0.00000133. The van der Waals surface area contributed by atoms with Crippen LogP contribution in [0.4, 0.5) is 0 Å². The molecule has 0 radical (unpaired) electrons. The van der Waals surface area contributed by atoms with Gasteiger partial charge in [-0.15, -0.1) is 12.4 Å². The predicted octanol–water partition coefficient (Wildman–Crippen LogP) is 2.33. The van der Waals surface area contributed by atoms with E-state index in [1.165, 1.54) is 6.42 Å². The quantitative estimate of drug-likeness (QED) is 0.926. The average Bonchev–Trinajstić information content (AvgIpc) is 2.70. The molecule has 3 heterocycles. The number of aromatic nitrogens is 2. The van der Waals surface area contributed by atoms with Crippen LogP contribution in [-0.4, -0.2) is 33.4 Å². The van der Waals surface area contributed by atoms with Gasteiger partial charge in [-0.2, -0.15) is 0 Å². The minimum atomic E-state index is 0. The molecule has 0 spiro atoms. The molecule has 6 heteroatoms. The van der Waals surface area contributed by atoms with Crippen LogP contribution in [0.2, 0.25) is 5.02 Å². The molecular formula is C13H18Cl2N4. The molecule has 2 aromatic rings. The summed E-state index contributed by atoms with van der Waals surface area (Å²) in [5.74, 6) is 0. The van der Waals surface area contributed by atoms with Crippen LogP contribution < -0.4 is 5.73 Å². The van der Waals surface area contributed by atoms with Crippen molar-refractivity contribution in [3.63, 3.8) is 0 Å². The number of imidazole rings is 1. The van der Waals surface area contributed by atoms with Crippen molar-refractivity contribution in [2.24, 2.45) is 5.73 Å². The third-order valence-electron chi connectivity index (χ3n) is 3.39. The number of piperidine rings is 1. The van der Waals surface area contributed by atoms with Crippen LogP contribution >= 0.6 is 24.0 Å². The number of hydrogen-bond acceptors (Lipinski definition) is 3. The van der Waals surface area contributed by atoms with Gasteiger partial charge < -0.3 is 10.1 Å². The Morgan fingerprint density at radius 3 is 3.00 bits per heavy atom. The molecule has 0 saturated carbocycles. The van der Waals surface area contributed by atoms with Crippen LogP contribution in [0, 0.1) is 0 Å². The standard InChI is InChI=1S/C13H17ClN4.ClH/c14-10-3-4-13-16-12(9-18(13)6-10)8-17-5-1-2-11(15)7-17;/h3-4,6,9,11H,1-2,5,7-8,15H2;1H/t11-;/m1./s1. The highest BCUT2D eigenvalue weighted by molar-refractivity contribution is 6.30. The Hall–Kier alpha value is -0.810. The van der Waals surface area contributed by atoms with Crippen LogP contribution in [-0.2, 0) is 6.54 Å². The summed E-state index contributed by atoms with van der Waals surface area (Å²) in [6.07, 6.45) is 6.24. The van der Waals surface area contributed by atoms with Crippen molar-refractivity contribution in [3.05, 3.63) is 35.2 Å². The smallest absolute Gasteiger partial charge is 0.137 e. The molecule has 1 fully saturated rings. The number of nitrogens with two attached hydrogens (primary N) is 1. The van der Waals surface area contributed by atoms with Crippen LogP contribution in [0.15, 0.2) is 24.5 Å². The lowest BCUT2D eigenvalue weighted by Gasteiger charge is -2.29. The zero-order valence-corrected chi connectivity index (χ0v) is 12.2. The molecule has 0 bridgehead atoms. The number of nitrogens with zero attached hydrogens (tertiary/aromatic N) is 3. The van der Waals surface area contributed by atoms with E-state index in [1.54, 1.807) is 0 Å². The SMILES string of the molecule is Cl.N[C@@H]1CCCN(Cc2cn3cc(Cl)ccc3n2)C1. The van der Waals surface area contributed by atoms with Crippen molar-refractivity contribution < 1.29 is 0 Å². The minimum absolute atomic E-state index is 0. The van der Waals surface area contributed by atoms with Crippen molar-refractivity contribution in [2.45, 2.75) is 25.4 Å². The lowest BCUT2D eigenvalue weighted by molar-refractivity contribution is 0.200. The van der Waals surface area contributed by atoms with E-state index in [4.69, 9.17) is 17.3 Å². The third kappa shape index (κ3) is 3.39. The van der Waals surface area contributed by atoms with Crippen molar-refractivity contribution in [1.29, 1.82) is 0 Å². The van der Waals surface area contributed by atoms with Crippen molar-refractivity contribution in [2.75, 3.05) is 13.1 Å². The summed E-state index contributed by atoms with van der Waals surface area (Å²) in [4.78, 5) is 6.97. The van der Waals surface area contributed by atoms with E-state index < -0.39 is 0 Å². The number of likely N-dealkylation sites (tertiary alicyclic amines) is 1. The molecule has 2 aromatic heterocycles. The van der Waals surface area contributed by atoms with Gasteiger partial charge in [-0.25, -0.2) is 4.98 Å². The van der Waals surface area contributed by atoms with Gasteiger partial charge in [0.05, 0.1) is 10.7 Å². The van der Waals surface area contributed by atoms with Crippen LogP contribution in [0.1, 0.15) is 18.5 Å². The van der Waals surface area contributed by atoms with E-state index >= 15 is 0 Å². The average molecular weight is 301 g/mol. The van der Waals surface area contributed by atoms with E-state index in [2.05, 4.69) is 9.88 Å². The van der Waals surface area contributed by atoms with Gasteiger partial charge >= 0.3 is 0 Å². The molecule has 1 aliphatic heterocycles. The highest BCUT2D eigenvalue weighted by atomic mass is 35.5. The second kappa shape index (κ2) is 6.09. The molecule has 0 amide bonds. The van der Waals surface area contributed by atoms with Gasteiger partial charge in [0.25, 0.3) is 0 Å². The van der Waals surface area contributed by atoms with Crippen molar-refractivity contribution in [1.82, 2.24) is 14.3 Å². The molecule has 0 aromatic carbocycles. The summed E-state index contributed by atoms with van der Waals surface area (Å²) in [7, 11) is 0. The van der Waals surface area contributed by atoms with Crippen LogP contribution in [0.25, 0.3) is 5.65 Å². The van der Waals surface area contributed by atoms with E-state index in [1.807, 2.05) is 28.9 Å². The number of hydrogen-bond donors (Lipinski definition) is 1. The van der Waals surface area contributed by atoms with Gasteiger partial charge in [0.1, 0.15) is 5.65 Å². The van der Waals surface area contributed by atoms with E-state index in [-0.39, 0.29) is 12.4 Å². The normalized spacial score (nSPS) is 20.4. The largest absolute Gasteiger partial charge is 0.327 e. The van der Waals surface area contributed by atoms with Gasteiger partial charge in [0, 0.05) is 31.5 Å². The molecular weight excluding hydrogens is 283 g/mol. The van der Waals surface area contributed by atoms with Crippen LogP contribution in [0.5, 0.6) is 0 Å². The molecule has 1 atom stereocenters. The second-order valence-corrected chi connectivity index (χ2v) is 5.42. The Bertz CT molecular complexity index is 555. The molecule has 4 nitrogen and oxygen atoms in total. The zero-order chi connectivity index (χ0) is 12.5. The zero-order valence-electron chi connectivity index (χ0n) is 10.6. The monoisotopic (exact) mass is 300 g/mol. The van der Waals surface area contributed by atoms with Gasteiger partial charge in [0.2, 0.25) is 0 Å². The Kier molecular flexibility index (Phi) is 4.68. The molecule has 3 rings (SSSR count). The first-order valence-electron chi connectivity index (χ1n) is 6.32. The first kappa shape index (κ1) is 14.6. The summed E-state index contributed by atoms with van der Waals surface area (Å²) in [6.45, 7) is 2.95. The van der Waals surface area contributed by atoms with Gasteiger partial charge in [-0.05, 0) is 31.5 Å². The highest BCUT2D eigenvalue weighted by Gasteiger charge is 2.17. The molecule has 2 N–H and O–H groups in total. The summed E-state index contributed by atoms with van der Waals surface area (Å²) in [5, 5.41) is 0.728. The lowest BCUT2D eigenvalue weighted by Crippen LogP contribution is -2.42. The second-order valence-electron chi connectivity index (χ2n) is 4.98. The molecule has 0 unspecified atom stereocenters.